The van der Waals surface area contributed by atoms with Crippen molar-refractivity contribution >= 4 is 33.2 Å². The molecule has 0 radical (unpaired) electrons. The molecule has 37 heavy (non-hydrogen) atoms. The average molecular weight is 527 g/mol. The molecule has 3 rings (SSSR count). The third-order valence-electron chi connectivity index (χ3n) is 5.63. The molecule has 1 heterocycles. The fraction of sp³-hybridized carbons (Fsp3) is 0.370. The number of fused-ring (bicyclic) bond motifs is 1. The van der Waals surface area contributed by atoms with E-state index in [4.69, 9.17) is 9.47 Å². The number of imide groups is 1. The zero-order valence-corrected chi connectivity index (χ0v) is 22.3. The highest BCUT2D eigenvalue weighted by atomic mass is 32.2. The Balaban J connectivity index is 2.19. The van der Waals surface area contributed by atoms with Gasteiger partial charge in [0.25, 0.3) is 11.8 Å². The number of hydrogen-bond acceptors (Lipinski definition) is 7. The van der Waals surface area contributed by atoms with Crippen LogP contribution in [-0.4, -0.2) is 56.8 Å². The Morgan fingerprint density at radius 2 is 1.84 bits per heavy atom. The molecule has 0 bridgehead atoms. The van der Waals surface area contributed by atoms with E-state index >= 15 is 0 Å². The third-order valence-corrected chi connectivity index (χ3v) is 6.55. The number of nitrogens with one attached hydrogen (secondary N) is 1. The molecule has 2 aromatic carbocycles. The van der Waals surface area contributed by atoms with Crippen LogP contribution in [0.3, 0.4) is 0 Å². The number of carbonyl (C=O) groups is 3. The van der Waals surface area contributed by atoms with Crippen LogP contribution in [0.1, 0.15) is 71.5 Å². The molecule has 9 nitrogen and oxygen atoms in total. The fourth-order valence-electron chi connectivity index (χ4n) is 4.10. The highest BCUT2D eigenvalue weighted by Gasteiger charge is 2.44. The lowest BCUT2D eigenvalue weighted by Gasteiger charge is -2.27. The van der Waals surface area contributed by atoms with Gasteiger partial charge in [0.15, 0.2) is 11.5 Å². The molecular weight excluding hydrogens is 496 g/mol. The summed E-state index contributed by atoms with van der Waals surface area (Å²) < 4.78 is 35.8. The SMILES string of the molecule is CCCC#Cc1ccc2c(c1NC(C)=O)C(=O)N([C@H](CS(C)(=O)=O)c1ccc(OC)c(OCC)c1)C2=O. The molecule has 2 aromatic rings. The predicted molar refractivity (Wildman–Crippen MR) is 140 cm³/mol. The van der Waals surface area contributed by atoms with E-state index in [0.717, 1.165) is 17.6 Å². The maximum Gasteiger partial charge on any atom is 0.264 e. The van der Waals surface area contributed by atoms with Gasteiger partial charge in [-0.1, -0.05) is 24.8 Å². The van der Waals surface area contributed by atoms with Crippen molar-refractivity contribution in [3.8, 4) is 23.3 Å². The van der Waals surface area contributed by atoms with Crippen LogP contribution >= 0.6 is 0 Å². The molecule has 1 aliphatic heterocycles. The van der Waals surface area contributed by atoms with Crippen LogP contribution in [0, 0.1) is 11.8 Å². The number of carbonyl (C=O) groups excluding carboxylic acids is 3. The molecule has 1 atom stereocenters. The quantitative estimate of drug-likeness (QED) is 0.392. The highest BCUT2D eigenvalue weighted by molar-refractivity contribution is 7.90. The molecule has 10 heteroatoms. The summed E-state index contributed by atoms with van der Waals surface area (Å²) in [5, 5.41) is 2.64. The van der Waals surface area contributed by atoms with Crippen LogP contribution in [0.25, 0.3) is 0 Å². The van der Waals surface area contributed by atoms with Crippen LogP contribution in [-0.2, 0) is 14.6 Å². The molecule has 0 saturated carbocycles. The lowest BCUT2D eigenvalue weighted by Crippen LogP contribution is -2.37. The molecule has 0 spiro atoms. The van der Waals surface area contributed by atoms with Crippen molar-refractivity contribution in [2.75, 3.05) is 31.0 Å². The van der Waals surface area contributed by atoms with Crippen LogP contribution in [0.2, 0.25) is 0 Å². The largest absolute Gasteiger partial charge is 0.493 e. The smallest absolute Gasteiger partial charge is 0.264 e. The van der Waals surface area contributed by atoms with E-state index in [1.54, 1.807) is 31.2 Å². The first kappa shape index (κ1) is 27.7. The van der Waals surface area contributed by atoms with E-state index in [2.05, 4.69) is 17.2 Å². The first-order valence-corrected chi connectivity index (χ1v) is 13.9. The van der Waals surface area contributed by atoms with Gasteiger partial charge in [-0.3, -0.25) is 19.3 Å². The minimum atomic E-state index is -3.65. The Morgan fingerprint density at radius 3 is 2.43 bits per heavy atom. The summed E-state index contributed by atoms with van der Waals surface area (Å²) in [7, 11) is -2.17. The summed E-state index contributed by atoms with van der Waals surface area (Å²) in [6.07, 6.45) is 2.48. The lowest BCUT2D eigenvalue weighted by molar-refractivity contribution is -0.114. The van der Waals surface area contributed by atoms with E-state index in [1.807, 2.05) is 6.92 Å². The third kappa shape index (κ3) is 6.12. The van der Waals surface area contributed by atoms with Gasteiger partial charge in [0.05, 0.1) is 42.3 Å². The van der Waals surface area contributed by atoms with Gasteiger partial charge in [0.1, 0.15) is 9.84 Å². The van der Waals surface area contributed by atoms with E-state index in [9.17, 15) is 22.8 Å². The van der Waals surface area contributed by atoms with Gasteiger partial charge in [-0.2, -0.15) is 0 Å². The number of amides is 3. The molecule has 3 amide bonds. The van der Waals surface area contributed by atoms with Crippen molar-refractivity contribution in [2.45, 2.75) is 39.7 Å². The van der Waals surface area contributed by atoms with Crippen LogP contribution < -0.4 is 14.8 Å². The first-order valence-electron chi connectivity index (χ1n) is 11.8. The molecule has 1 N–H and O–H groups in total. The molecule has 0 aromatic heterocycles. The minimum Gasteiger partial charge on any atom is -0.493 e. The normalized spacial score (nSPS) is 13.5. The molecule has 0 saturated heterocycles. The summed E-state index contributed by atoms with van der Waals surface area (Å²) >= 11 is 0. The Kier molecular flexibility index (Phi) is 8.61. The van der Waals surface area contributed by atoms with Gasteiger partial charge in [-0.15, -0.1) is 0 Å². The summed E-state index contributed by atoms with van der Waals surface area (Å²) in [6, 6.07) is 6.67. The summed E-state index contributed by atoms with van der Waals surface area (Å²) in [4.78, 5) is 40.3. The van der Waals surface area contributed by atoms with E-state index in [1.165, 1.54) is 20.1 Å². The molecule has 196 valence electrons. The molecule has 0 fully saturated rings. The number of sulfone groups is 1. The Morgan fingerprint density at radius 1 is 1.11 bits per heavy atom. The number of rotatable bonds is 9. The van der Waals surface area contributed by atoms with Gasteiger partial charge in [0.2, 0.25) is 5.91 Å². The number of anilines is 1. The number of hydrogen-bond donors (Lipinski definition) is 1. The zero-order chi connectivity index (χ0) is 27.3. The van der Waals surface area contributed by atoms with Crippen molar-refractivity contribution in [3.05, 3.63) is 52.6 Å². The van der Waals surface area contributed by atoms with Crippen molar-refractivity contribution in [1.29, 1.82) is 0 Å². The van der Waals surface area contributed by atoms with E-state index in [0.29, 0.717) is 35.7 Å². The van der Waals surface area contributed by atoms with Crippen LogP contribution in [0.15, 0.2) is 30.3 Å². The molecule has 0 aliphatic carbocycles. The van der Waals surface area contributed by atoms with Crippen LogP contribution in [0.4, 0.5) is 5.69 Å². The summed E-state index contributed by atoms with van der Waals surface area (Å²) in [5.74, 6) is 4.40. The van der Waals surface area contributed by atoms with Crippen molar-refractivity contribution in [3.63, 3.8) is 0 Å². The van der Waals surface area contributed by atoms with Gasteiger partial charge < -0.3 is 14.8 Å². The monoisotopic (exact) mass is 526 g/mol. The van der Waals surface area contributed by atoms with E-state index < -0.39 is 39.4 Å². The number of methoxy groups -OCH3 is 1. The Hall–Kier alpha value is -3.84. The Labute approximate surface area is 217 Å². The number of unbranched alkanes of at least 4 members (excludes halogenated alkanes) is 1. The average Bonchev–Trinajstić information content (AvgIpc) is 3.08. The molecule has 1 aliphatic rings. The second-order valence-electron chi connectivity index (χ2n) is 8.58. The molecule has 0 unspecified atom stereocenters. The van der Waals surface area contributed by atoms with Gasteiger partial charge in [-0.25, -0.2) is 8.42 Å². The van der Waals surface area contributed by atoms with Gasteiger partial charge in [-0.05, 0) is 43.2 Å². The van der Waals surface area contributed by atoms with Crippen molar-refractivity contribution < 1.29 is 32.3 Å². The second kappa shape index (κ2) is 11.5. The lowest BCUT2D eigenvalue weighted by atomic mass is 10.0. The van der Waals surface area contributed by atoms with Crippen molar-refractivity contribution in [1.82, 2.24) is 4.90 Å². The second-order valence-corrected chi connectivity index (χ2v) is 10.8. The molecular formula is C27H30N2O7S. The zero-order valence-electron chi connectivity index (χ0n) is 21.5. The van der Waals surface area contributed by atoms with Gasteiger partial charge >= 0.3 is 0 Å². The summed E-state index contributed by atoms with van der Waals surface area (Å²) in [6.45, 7) is 5.38. The van der Waals surface area contributed by atoms with E-state index in [-0.39, 0.29) is 16.8 Å². The maximum absolute atomic E-state index is 13.8. The van der Waals surface area contributed by atoms with Gasteiger partial charge in [0, 0.05) is 25.2 Å². The fourth-order valence-corrected chi connectivity index (χ4v) is 5.01. The first-order chi connectivity index (χ1) is 17.5. The number of nitrogens with zero attached hydrogens (tertiary/aromatic N) is 1. The highest BCUT2D eigenvalue weighted by Crippen LogP contribution is 2.39. The predicted octanol–water partition coefficient (Wildman–Crippen LogP) is 3.59. The number of ether oxygens (including phenoxy) is 2. The maximum atomic E-state index is 13.8. The van der Waals surface area contributed by atoms with Crippen molar-refractivity contribution in [2.24, 2.45) is 0 Å². The Bertz CT molecular complexity index is 1400. The standard InChI is InChI=1S/C27H30N2O7S/c1-6-8-9-10-18-11-13-20-24(25(18)28-17(3)30)27(32)29(26(20)31)21(16-37(5,33)34)19-12-14-22(35-4)23(15-19)36-7-2/h11-15,21H,6-8,16H2,1-5H3,(H,28,30)/t21-/m1/s1. The summed E-state index contributed by atoms with van der Waals surface area (Å²) in [5.41, 5.74) is 0.964. The van der Waals surface area contributed by atoms with Crippen LogP contribution in [0.5, 0.6) is 11.5 Å². The minimum absolute atomic E-state index is 0.0134. The topological polar surface area (TPSA) is 119 Å². The number of benzene rings is 2.